The minimum absolute atomic E-state index is 0.295. The summed E-state index contributed by atoms with van der Waals surface area (Å²) in [7, 11) is 0. The van der Waals surface area contributed by atoms with Gasteiger partial charge in [0.2, 0.25) is 0 Å². The lowest BCUT2D eigenvalue weighted by Crippen LogP contribution is -2.26. The number of rotatable bonds is 4. The summed E-state index contributed by atoms with van der Waals surface area (Å²) in [6, 6.07) is 17.4. The maximum Gasteiger partial charge on any atom is 0.175 e. The molecule has 0 aromatic heterocycles. The van der Waals surface area contributed by atoms with Gasteiger partial charge in [0.05, 0.1) is 5.92 Å². The highest BCUT2D eigenvalue weighted by Crippen LogP contribution is 2.23. The van der Waals surface area contributed by atoms with Gasteiger partial charge >= 0.3 is 0 Å². The predicted molar refractivity (Wildman–Crippen MR) is 68.2 cm³/mol. The molecule has 92 valence electrons. The second kappa shape index (κ2) is 5.58. The highest BCUT2D eigenvalue weighted by atomic mass is 16.5. The van der Waals surface area contributed by atoms with Gasteiger partial charge in [-0.3, -0.25) is 4.79 Å². The second-order valence-electron chi connectivity index (χ2n) is 4.03. The summed E-state index contributed by atoms with van der Waals surface area (Å²) in [6.45, 7) is 0. The van der Waals surface area contributed by atoms with Crippen molar-refractivity contribution in [2.75, 3.05) is 0 Å². The first-order valence-corrected chi connectivity index (χ1v) is 5.70. The van der Waals surface area contributed by atoms with Gasteiger partial charge in [-0.15, -0.1) is 0 Å². The maximum atomic E-state index is 12.3. The third-order valence-electron chi connectivity index (χ3n) is 2.80. The molecule has 0 fully saturated rings. The molecule has 0 aliphatic heterocycles. The van der Waals surface area contributed by atoms with E-state index in [0.29, 0.717) is 11.1 Å². The summed E-state index contributed by atoms with van der Waals surface area (Å²) in [4.78, 5) is 12.3. The van der Waals surface area contributed by atoms with Crippen LogP contribution >= 0.6 is 0 Å². The first-order chi connectivity index (χ1) is 8.70. The maximum absolute atomic E-state index is 12.3. The van der Waals surface area contributed by atoms with Crippen LogP contribution in [0.4, 0.5) is 0 Å². The predicted octanol–water partition coefficient (Wildman–Crippen LogP) is 1.96. The summed E-state index contributed by atoms with van der Waals surface area (Å²) in [5, 5.41) is 18.9. The summed E-state index contributed by atoms with van der Waals surface area (Å²) < 4.78 is 0. The Morgan fingerprint density at radius 2 is 1.33 bits per heavy atom. The van der Waals surface area contributed by atoms with E-state index in [1.54, 1.807) is 48.5 Å². The highest BCUT2D eigenvalue weighted by Gasteiger charge is 2.27. The summed E-state index contributed by atoms with van der Waals surface area (Å²) in [5.74, 6) is -1.25. The molecule has 0 saturated heterocycles. The van der Waals surface area contributed by atoms with Gasteiger partial charge in [0, 0.05) is 5.56 Å². The lowest BCUT2D eigenvalue weighted by molar-refractivity contribution is -0.0524. The zero-order chi connectivity index (χ0) is 13.0. The van der Waals surface area contributed by atoms with Crippen molar-refractivity contribution in [3.8, 4) is 0 Å². The van der Waals surface area contributed by atoms with Gasteiger partial charge in [-0.05, 0) is 5.56 Å². The molecule has 0 radical (unpaired) electrons. The van der Waals surface area contributed by atoms with Crippen LogP contribution in [0.1, 0.15) is 21.8 Å². The number of carbonyl (C=O) groups excluding carboxylic acids is 1. The van der Waals surface area contributed by atoms with E-state index in [1.807, 2.05) is 12.1 Å². The SMILES string of the molecule is O=C(c1ccccc1)C(c1ccccc1)C(O)O. The van der Waals surface area contributed by atoms with Crippen LogP contribution in [0.5, 0.6) is 0 Å². The lowest BCUT2D eigenvalue weighted by Gasteiger charge is -2.18. The van der Waals surface area contributed by atoms with Crippen LogP contribution in [0.3, 0.4) is 0 Å². The fraction of sp³-hybridized carbons (Fsp3) is 0.133. The van der Waals surface area contributed by atoms with E-state index < -0.39 is 12.2 Å². The molecule has 1 atom stereocenters. The van der Waals surface area contributed by atoms with Crippen molar-refractivity contribution in [2.24, 2.45) is 0 Å². The number of Topliss-reactive ketones (excluding diaryl/α,β-unsaturated/α-hetero) is 1. The molecule has 3 nitrogen and oxygen atoms in total. The van der Waals surface area contributed by atoms with Crippen LogP contribution in [0.25, 0.3) is 0 Å². The average Bonchev–Trinajstić information content (AvgIpc) is 2.40. The standard InChI is InChI=1S/C15H14O3/c16-14(12-9-5-2-6-10-12)13(15(17)18)11-7-3-1-4-8-11/h1-10,13,15,17-18H. The molecule has 3 heteroatoms. The van der Waals surface area contributed by atoms with Gasteiger partial charge in [-0.25, -0.2) is 0 Å². The number of hydrogen-bond donors (Lipinski definition) is 2. The van der Waals surface area contributed by atoms with Crippen molar-refractivity contribution in [1.29, 1.82) is 0 Å². The van der Waals surface area contributed by atoms with E-state index >= 15 is 0 Å². The number of benzene rings is 2. The lowest BCUT2D eigenvalue weighted by atomic mass is 9.90. The van der Waals surface area contributed by atoms with Crippen molar-refractivity contribution in [3.05, 3.63) is 71.8 Å². The van der Waals surface area contributed by atoms with Crippen molar-refractivity contribution in [3.63, 3.8) is 0 Å². The van der Waals surface area contributed by atoms with Gasteiger partial charge in [-0.1, -0.05) is 60.7 Å². The van der Waals surface area contributed by atoms with E-state index in [-0.39, 0.29) is 5.78 Å². The van der Waals surface area contributed by atoms with Crippen LogP contribution in [0.15, 0.2) is 60.7 Å². The Balaban J connectivity index is 2.35. The molecule has 0 spiro atoms. The van der Waals surface area contributed by atoms with Crippen LogP contribution < -0.4 is 0 Å². The first-order valence-electron chi connectivity index (χ1n) is 5.70. The van der Waals surface area contributed by atoms with Gasteiger partial charge in [0.1, 0.15) is 0 Å². The fourth-order valence-electron chi connectivity index (χ4n) is 1.90. The minimum atomic E-state index is -1.71. The third-order valence-corrected chi connectivity index (χ3v) is 2.80. The molecule has 0 saturated carbocycles. The molecule has 2 rings (SSSR count). The molecule has 0 aliphatic carbocycles. The molecule has 1 unspecified atom stereocenters. The monoisotopic (exact) mass is 242 g/mol. The normalized spacial score (nSPS) is 12.4. The van der Waals surface area contributed by atoms with Crippen LogP contribution in [-0.2, 0) is 0 Å². The summed E-state index contributed by atoms with van der Waals surface area (Å²) in [5.41, 5.74) is 1.07. The largest absolute Gasteiger partial charge is 0.367 e. The Kier molecular flexibility index (Phi) is 3.87. The number of carbonyl (C=O) groups is 1. The van der Waals surface area contributed by atoms with Crippen LogP contribution in [0.2, 0.25) is 0 Å². The zero-order valence-corrected chi connectivity index (χ0v) is 9.73. The number of aliphatic hydroxyl groups excluding tert-OH is 1. The van der Waals surface area contributed by atoms with Crippen LogP contribution in [-0.4, -0.2) is 22.3 Å². The number of ketones is 1. The van der Waals surface area contributed by atoms with E-state index in [0.717, 1.165) is 0 Å². The quantitative estimate of drug-likeness (QED) is 0.636. The van der Waals surface area contributed by atoms with E-state index in [9.17, 15) is 15.0 Å². The average molecular weight is 242 g/mol. The minimum Gasteiger partial charge on any atom is -0.367 e. The zero-order valence-electron chi connectivity index (χ0n) is 9.73. The Morgan fingerprint density at radius 1 is 0.833 bits per heavy atom. The topological polar surface area (TPSA) is 57.5 Å². The molecule has 0 aliphatic rings. The summed E-state index contributed by atoms with van der Waals surface area (Å²) in [6.07, 6.45) is -1.71. The van der Waals surface area contributed by atoms with E-state index in [2.05, 4.69) is 0 Å². The van der Waals surface area contributed by atoms with Crippen molar-refractivity contribution < 1.29 is 15.0 Å². The molecular formula is C15H14O3. The van der Waals surface area contributed by atoms with E-state index in [1.165, 1.54) is 0 Å². The highest BCUT2D eigenvalue weighted by molar-refractivity contribution is 6.01. The molecule has 18 heavy (non-hydrogen) atoms. The molecule has 0 bridgehead atoms. The number of hydrogen-bond acceptors (Lipinski definition) is 3. The third kappa shape index (κ3) is 2.64. The second-order valence-corrected chi connectivity index (χ2v) is 4.03. The van der Waals surface area contributed by atoms with Gasteiger partial charge in [0.25, 0.3) is 0 Å². The Bertz CT molecular complexity index is 506. The fourth-order valence-corrected chi connectivity index (χ4v) is 1.90. The molecule has 2 aromatic carbocycles. The molecule has 0 amide bonds. The molecular weight excluding hydrogens is 228 g/mol. The van der Waals surface area contributed by atoms with Crippen LogP contribution in [0, 0.1) is 0 Å². The van der Waals surface area contributed by atoms with Crippen molar-refractivity contribution in [1.82, 2.24) is 0 Å². The smallest absolute Gasteiger partial charge is 0.175 e. The van der Waals surface area contributed by atoms with Gasteiger partial charge in [0.15, 0.2) is 12.1 Å². The van der Waals surface area contributed by atoms with Gasteiger partial charge in [-0.2, -0.15) is 0 Å². The van der Waals surface area contributed by atoms with Crippen molar-refractivity contribution >= 4 is 5.78 Å². The van der Waals surface area contributed by atoms with E-state index in [4.69, 9.17) is 0 Å². The number of aliphatic hydroxyl groups is 2. The Hall–Kier alpha value is -1.97. The van der Waals surface area contributed by atoms with Crippen molar-refractivity contribution in [2.45, 2.75) is 12.2 Å². The Labute approximate surface area is 105 Å². The van der Waals surface area contributed by atoms with Gasteiger partial charge < -0.3 is 10.2 Å². The molecule has 2 aromatic rings. The molecule has 2 N–H and O–H groups in total. The molecule has 0 heterocycles. The summed E-state index contributed by atoms with van der Waals surface area (Å²) >= 11 is 0. The Morgan fingerprint density at radius 3 is 1.83 bits per heavy atom. The first kappa shape index (κ1) is 12.5.